The quantitative estimate of drug-likeness (QED) is 0.569. The summed E-state index contributed by atoms with van der Waals surface area (Å²) in [5.74, 6) is -1.60. The molecule has 0 spiro atoms. The van der Waals surface area contributed by atoms with Gasteiger partial charge in [-0.3, -0.25) is 4.79 Å². The SMILES string of the molecule is NC(=O)Nc1cn(-c2cccc(-c3ccc(F)cc3O)c2)nc1C(N)=O. The van der Waals surface area contributed by atoms with Crippen LogP contribution in [0.3, 0.4) is 0 Å². The summed E-state index contributed by atoms with van der Waals surface area (Å²) in [7, 11) is 0. The smallest absolute Gasteiger partial charge is 0.316 e. The molecule has 9 heteroatoms. The fraction of sp³-hybridized carbons (Fsp3) is 0. The van der Waals surface area contributed by atoms with Crippen LogP contribution in [0.5, 0.6) is 5.75 Å². The Kier molecular flexibility index (Phi) is 4.27. The Hall–Kier alpha value is -3.88. The van der Waals surface area contributed by atoms with E-state index >= 15 is 0 Å². The summed E-state index contributed by atoms with van der Waals surface area (Å²) in [6.45, 7) is 0. The Morgan fingerprint density at radius 1 is 1.15 bits per heavy atom. The Bertz CT molecular complexity index is 1020. The first kappa shape index (κ1) is 17.0. The number of amides is 3. The van der Waals surface area contributed by atoms with Crippen molar-refractivity contribution in [2.75, 3.05) is 5.32 Å². The van der Waals surface area contributed by atoms with E-state index in [0.717, 1.165) is 6.07 Å². The van der Waals surface area contributed by atoms with Crippen LogP contribution in [-0.4, -0.2) is 26.8 Å². The summed E-state index contributed by atoms with van der Waals surface area (Å²) in [5.41, 5.74) is 11.8. The lowest BCUT2D eigenvalue weighted by Gasteiger charge is -2.07. The number of nitrogens with two attached hydrogens (primary N) is 2. The number of carbonyl (C=O) groups is 2. The molecule has 3 aromatic rings. The first-order valence-electron chi connectivity index (χ1n) is 7.40. The van der Waals surface area contributed by atoms with Crippen molar-refractivity contribution in [1.29, 1.82) is 0 Å². The molecule has 1 aromatic heterocycles. The third-order valence-electron chi connectivity index (χ3n) is 3.59. The lowest BCUT2D eigenvalue weighted by Crippen LogP contribution is -2.22. The molecule has 0 aliphatic heterocycles. The number of primary amides is 2. The average molecular weight is 355 g/mol. The number of hydrogen-bond acceptors (Lipinski definition) is 4. The number of aromatic hydroxyl groups is 1. The van der Waals surface area contributed by atoms with E-state index in [2.05, 4.69) is 10.4 Å². The van der Waals surface area contributed by atoms with Crippen molar-refractivity contribution in [2.45, 2.75) is 0 Å². The van der Waals surface area contributed by atoms with Gasteiger partial charge in [-0.05, 0) is 29.8 Å². The van der Waals surface area contributed by atoms with Crippen LogP contribution in [-0.2, 0) is 0 Å². The zero-order valence-electron chi connectivity index (χ0n) is 13.3. The molecule has 0 radical (unpaired) electrons. The summed E-state index contributed by atoms with van der Waals surface area (Å²) in [6.07, 6.45) is 1.38. The monoisotopic (exact) mass is 355 g/mol. The molecule has 0 atom stereocenters. The summed E-state index contributed by atoms with van der Waals surface area (Å²) < 4.78 is 14.5. The highest BCUT2D eigenvalue weighted by Gasteiger charge is 2.16. The van der Waals surface area contributed by atoms with Crippen LogP contribution < -0.4 is 16.8 Å². The number of nitrogens with zero attached hydrogens (tertiary/aromatic N) is 2. The Morgan fingerprint density at radius 3 is 2.58 bits per heavy atom. The van der Waals surface area contributed by atoms with Crippen molar-refractivity contribution >= 4 is 17.6 Å². The zero-order chi connectivity index (χ0) is 18.8. The molecule has 0 unspecified atom stereocenters. The third-order valence-corrected chi connectivity index (χ3v) is 3.59. The van der Waals surface area contributed by atoms with Gasteiger partial charge in [-0.25, -0.2) is 13.9 Å². The van der Waals surface area contributed by atoms with Crippen molar-refractivity contribution < 1.29 is 19.1 Å². The first-order chi connectivity index (χ1) is 12.3. The van der Waals surface area contributed by atoms with Crippen LogP contribution in [0.15, 0.2) is 48.7 Å². The molecule has 2 aromatic carbocycles. The Labute approximate surface area is 146 Å². The van der Waals surface area contributed by atoms with Crippen LogP contribution in [0.4, 0.5) is 14.9 Å². The molecular formula is C17H14FN5O3. The van der Waals surface area contributed by atoms with E-state index in [1.807, 2.05) is 0 Å². The highest BCUT2D eigenvalue weighted by atomic mass is 19.1. The second kappa shape index (κ2) is 6.55. The van der Waals surface area contributed by atoms with Gasteiger partial charge >= 0.3 is 6.03 Å². The number of aromatic nitrogens is 2. The van der Waals surface area contributed by atoms with Crippen molar-refractivity contribution in [2.24, 2.45) is 11.5 Å². The van der Waals surface area contributed by atoms with E-state index in [9.17, 15) is 19.1 Å². The number of nitrogens with one attached hydrogen (secondary N) is 1. The topological polar surface area (TPSA) is 136 Å². The number of urea groups is 1. The van der Waals surface area contributed by atoms with Gasteiger partial charge in [-0.2, -0.15) is 5.10 Å². The largest absolute Gasteiger partial charge is 0.507 e. The minimum Gasteiger partial charge on any atom is -0.507 e. The van der Waals surface area contributed by atoms with Gasteiger partial charge in [-0.1, -0.05) is 12.1 Å². The highest BCUT2D eigenvalue weighted by molar-refractivity contribution is 6.00. The molecule has 0 bridgehead atoms. The lowest BCUT2D eigenvalue weighted by atomic mass is 10.0. The maximum Gasteiger partial charge on any atom is 0.316 e. The van der Waals surface area contributed by atoms with E-state index < -0.39 is 17.8 Å². The molecule has 0 aliphatic carbocycles. The van der Waals surface area contributed by atoms with E-state index in [1.165, 1.54) is 23.0 Å². The average Bonchev–Trinajstić information content (AvgIpc) is 2.98. The highest BCUT2D eigenvalue weighted by Crippen LogP contribution is 2.31. The lowest BCUT2D eigenvalue weighted by molar-refractivity contribution is 0.0996. The van der Waals surface area contributed by atoms with Crippen LogP contribution in [0, 0.1) is 5.82 Å². The molecular weight excluding hydrogens is 341 g/mol. The second-order valence-electron chi connectivity index (χ2n) is 5.40. The molecule has 0 fully saturated rings. The van der Waals surface area contributed by atoms with Crippen LogP contribution in [0.1, 0.15) is 10.5 Å². The van der Waals surface area contributed by atoms with Crippen LogP contribution in [0.25, 0.3) is 16.8 Å². The molecule has 8 nitrogen and oxygen atoms in total. The van der Waals surface area contributed by atoms with Crippen molar-refractivity contribution in [3.05, 3.63) is 60.2 Å². The number of benzene rings is 2. The van der Waals surface area contributed by atoms with Crippen molar-refractivity contribution in [3.8, 4) is 22.6 Å². The first-order valence-corrected chi connectivity index (χ1v) is 7.40. The molecule has 1 heterocycles. The number of anilines is 1. The van der Waals surface area contributed by atoms with E-state index in [1.54, 1.807) is 24.3 Å². The summed E-state index contributed by atoms with van der Waals surface area (Å²) in [4.78, 5) is 22.6. The number of phenolic OH excluding ortho intramolecular Hbond substituents is 1. The number of carbonyl (C=O) groups excluding carboxylic acids is 2. The molecule has 26 heavy (non-hydrogen) atoms. The van der Waals surface area contributed by atoms with E-state index in [4.69, 9.17) is 11.5 Å². The predicted octanol–water partition coefficient (Wildman–Crippen LogP) is 1.97. The van der Waals surface area contributed by atoms with Gasteiger partial charge in [0.15, 0.2) is 5.69 Å². The number of halogens is 1. The Morgan fingerprint density at radius 2 is 1.92 bits per heavy atom. The standard InChI is InChI=1S/C17H14FN5O3/c18-10-4-5-12(14(24)7-10)9-2-1-3-11(6-9)23-8-13(21-17(20)26)15(22-23)16(19)25/h1-8,24H,(H2,19,25)(H3,20,21,26). The van der Waals surface area contributed by atoms with Gasteiger partial charge in [0, 0.05) is 11.6 Å². The predicted molar refractivity (Wildman–Crippen MR) is 92.3 cm³/mol. The van der Waals surface area contributed by atoms with Gasteiger partial charge < -0.3 is 21.9 Å². The van der Waals surface area contributed by atoms with Gasteiger partial charge in [-0.15, -0.1) is 0 Å². The van der Waals surface area contributed by atoms with E-state index in [-0.39, 0.29) is 17.1 Å². The van der Waals surface area contributed by atoms with Crippen LogP contribution >= 0.6 is 0 Å². The molecule has 0 saturated heterocycles. The normalized spacial score (nSPS) is 10.5. The summed E-state index contributed by atoms with van der Waals surface area (Å²) >= 11 is 0. The second-order valence-corrected chi connectivity index (χ2v) is 5.40. The number of rotatable bonds is 4. The molecule has 6 N–H and O–H groups in total. The number of hydrogen-bond donors (Lipinski definition) is 4. The number of phenols is 1. The molecule has 132 valence electrons. The molecule has 3 rings (SSSR count). The molecule has 0 aliphatic rings. The minimum absolute atomic E-state index is 0.0695. The third kappa shape index (κ3) is 3.31. The fourth-order valence-corrected chi connectivity index (χ4v) is 2.48. The van der Waals surface area contributed by atoms with Gasteiger partial charge in [0.05, 0.1) is 17.6 Å². The van der Waals surface area contributed by atoms with E-state index in [0.29, 0.717) is 16.8 Å². The molecule has 0 saturated carbocycles. The van der Waals surface area contributed by atoms with Gasteiger partial charge in [0.2, 0.25) is 0 Å². The zero-order valence-corrected chi connectivity index (χ0v) is 13.3. The van der Waals surface area contributed by atoms with Gasteiger partial charge in [0.25, 0.3) is 5.91 Å². The summed E-state index contributed by atoms with van der Waals surface area (Å²) in [5, 5.41) is 16.3. The van der Waals surface area contributed by atoms with Gasteiger partial charge in [0.1, 0.15) is 11.6 Å². The fourth-order valence-electron chi connectivity index (χ4n) is 2.48. The molecule has 3 amide bonds. The summed E-state index contributed by atoms with van der Waals surface area (Å²) in [6, 6.07) is 9.59. The maximum atomic E-state index is 13.2. The minimum atomic E-state index is -0.864. The van der Waals surface area contributed by atoms with Crippen LogP contribution in [0.2, 0.25) is 0 Å². The van der Waals surface area contributed by atoms with Crippen molar-refractivity contribution in [3.63, 3.8) is 0 Å². The Balaban J connectivity index is 2.05. The van der Waals surface area contributed by atoms with Crippen molar-refractivity contribution in [1.82, 2.24) is 9.78 Å². The maximum absolute atomic E-state index is 13.2.